The monoisotopic (exact) mass is 297 g/mol. The number of nitrogens with one attached hydrogen (secondary N) is 1. The number of isocyanates is 1. The Kier molecular flexibility index (Phi) is 10.4. The van der Waals surface area contributed by atoms with Crippen LogP contribution in [0.25, 0.3) is 0 Å². The van der Waals surface area contributed by atoms with Crippen LogP contribution >= 0.6 is 22.6 Å². The van der Waals surface area contributed by atoms with Gasteiger partial charge in [0.05, 0.1) is 0 Å². The van der Waals surface area contributed by atoms with E-state index in [0.29, 0.717) is 5.41 Å². The molecule has 2 nitrogen and oxygen atoms in total. The minimum atomic E-state index is 0.552. The maximum Gasteiger partial charge on any atom is 0.231 e. The molecule has 0 aromatic heterocycles. The zero-order chi connectivity index (χ0) is 10.9. The summed E-state index contributed by atoms with van der Waals surface area (Å²) in [7, 11) is 0. The highest BCUT2D eigenvalue weighted by molar-refractivity contribution is 14.1. The molecule has 0 spiro atoms. The van der Waals surface area contributed by atoms with Crippen molar-refractivity contribution in [1.29, 1.82) is 5.41 Å². The maximum absolute atomic E-state index is 8.35. The highest BCUT2D eigenvalue weighted by Gasteiger charge is 2.18. The van der Waals surface area contributed by atoms with Gasteiger partial charge in [0, 0.05) is 4.43 Å². The van der Waals surface area contributed by atoms with Crippen LogP contribution in [0, 0.1) is 16.7 Å². The molecule has 0 amide bonds. The van der Waals surface area contributed by atoms with Crippen molar-refractivity contribution in [3.63, 3.8) is 0 Å². The first-order chi connectivity index (χ1) is 5.93. The third kappa shape index (κ3) is 12.1. The van der Waals surface area contributed by atoms with E-state index in [1.807, 2.05) is 0 Å². The highest BCUT2D eigenvalue weighted by Crippen LogP contribution is 2.28. The first-order valence-electron chi connectivity index (χ1n) is 4.53. The minimum absolute atomic E-state index is 0.552. The third-order valence-electron chi connectivity index (χ3n) is 1.96. The molecular formula is C10H20INO. The van der Waals surface area contributed by atoms with Crippen molar-refractivity contribution in [2.75, 3.05) is 4.43 Å². The standard InChI is InChI=1S/C9H19I.CHNO/c1-5-8(2)6-9(3,4)7-10;2-1-3/h8H,5-7H2,1-4H3;2H. The molecule has 0 rings (SSSR count). The predicted octanol–water partition coefficient (Wildman–Crippen LogP) is 3.78. The van der Waals surface area contributed by atoms with Crippen LogP contribution in [-0.2, 0) is 4.79 Å². The van der Waals surface area contributed by atoms with Crippen molar-refractivity contribution >= 4 is 28.7 Å². The Morgan fingerprint density at radius 2 is 1.92 bits per heavy atom. The van der Waals surface area contributed by atoms with Crippen LogP contribution in [-0.4, -0.2) is 10.5 Å². The largest absolute Gasteiger partial charge is 0.231 e. The molecule has 13 heavy (non-hydrogen) atoms. The SMILES string of the molecule is CCC(C)CC(C)(C)CI.N=C=O. The average molecular weight is 297 g/mol. The number of alkyl halides is 1. The zero-order valence-corrected chi connectivity index (χ0v) is 11.1. The topological polar surface area (TPSA) is 40.9 Å². The van der Waals surface area contributed by atoms with Crippen LogP contribution in [0.3, 0.4) is 0 Å². The number of halogens is 1. The lowest BCUT2D eigenvalue weighted by atomic mass is 9.84. The molecule has 0 radical (unpaired) electrons. The summed E-state index contributed by atoms with van der Waals surface area (Å²) in [5.74, 6) is 0.893. The summed E-state index contributed by atoms with van der Waals surface area (Å²) in [5, 5.41) is 5.40. The average Bonchev–Trinajstić information content (AvgIpc) is 2.05. The Balaban J connectivity index is 0. The number of hydrogen-bond donors (Lipinski definition) is 1. The molecule has 1 atom stereocenters. The molecule has 78 valence electrons. The summed E-state index contributed by atoms with van der Waals surface area (Å²) in [4.78, 5) is 8.35. The molecule has 0 saturated carbocycles. The second-order valence-electron chi connectivity index (χ2n) is 4.12. The number of carbonyl (C=O) groups excluding carboxylic acids is 1. The van der Waals surface area contributed by atoms with Gasteiger partial charge in [-0.1, -0.05) is 56.7 Å². The number of hydrogen-bond acceptors (Lipinski definition) is 2. The molecule has 0 aliphatic rings. The molecule has 0 heterocycles. The van der Waals surface area contributed by atoms with Crippen LogP contribution in [0.4, 0.5) is 0 Å². The molecule has 0 aliphatic carbocycles. The first-order valence-corrected chi connectivity index (χ1v) is 6.06. The van der Waals surface area contributed by atoms with Gasteiger partial charge in [-0.3, -0.25) is 0 Å². The normalized spacial score (nSPS) is 12.4. The maximum atomic E-state index is 8.35. The van der Waals surface area contributed by atoms with E-state index in [9.17, 15) is 0 Å². The fourth-order valence-electron chi connectivity index (χ4n) is 1.14. The van der Waals surface area contributed by atoms with E-state index in [-0.39, 0.29) is 0 Å². The van der Waals surface area contributed by atoms with Crippen LogP contribution in [0.2, 0.25) is 0 Å². The Hall–Kier alpha value is 0.110. The van der Waals surface area contributed by atoms with E-state index in [1.54, 1.807) is 0 Å². The molecule has 0 fully saturated rings. The van der Waals surface area contributed by atoms with Gasteiger partial charge in [-0.05, 0) is 17.8 Å². The second-order valence-corrected chi connectivity index (χ2v) is 4.88. The van der Waals surface area contributed by atoms with E-state index in [2.05, 4.69) is 50.3 Å². The highest BCUT2D eigenvalue weighted by atomic mass is 127. The predicted molar refractivity (Wildman–Crippen MR) is 65.2 cm³/mol. The van der Waals surface area contributed by atoms with Gasteiger partial charge in [0.1, 0.15) is 0 Å². The molecule has 0 aromatic carbocycles. The smallest absolute Gasteiger partial charge is 0.222 e. The molecule has 1 unspecified atom stereocenters. The van der Waals surface area contributed by atoms with Gasteiger partial charge in [-0.15, -0.1) is 0 Å². The lowest BCUT2D eigenvalue weighted by Gasteiger charge is -2.24. The van der Waals surface area contributed by atoms with Crippen LogP contribution in [0.1, 0.15) is 40.5 Å². The van der Waals surface area contributed by atoms with Crippen LogP contribution in [0.5, 0.6) is 0 Å². The Labute approximate surface area is 95.1 Å². The Morgan fingerprint density at radius 3 is 2.15 bits per heavy atom. The number of rotatable bonds is 4. The van der Waals surface area contributed by atoms with Gasteiger partial charge in [0.25, 0.3) is 0 Å². The summed E-state index contributed by atoms with van der Waals surface area (Å²) >= 11 is 2.48. The first kappa shape index (κ1) is 15.6. The fourth-order valence-corrected chi connectivity index (χ4v) is 1.45. The lowest BCUT2D eigenvalue weighted by Crippen LogP contribution is -2.16. The summed E-state index contributed by atoms with van der Waals surface area (Å²) in [6.45, 7) is 9.32. The fraction of sp³-hybridized carbons (Fsp3) is 0.900. The van der Waals surface area contributed by atoms with Crippen molar-refractivity contribution in [2.24, 2.45) is 11.3 Å². The van der Waals surface area contributed by atoms with Crippen molar-refractivity contribution < 1.29 is 4.79 Å². The minimum Gasteiger partial charge on any atom is -0.222 e. The second kappa shape index (κ2) is 8.70. The van der Waals surface area contributed by atoms with Crippen molar-refractivity contribution in [3.8, 4) is 0 Å². The summed E-state index contributed by atoms with van der Waals surface area (Å²) in [5.41, 5.74) is 0.552. The summed E-state index contributed by atoms with van der Waals surface area (Å²) < 4.78 is 1.27. The summed E-state index contributed by atoms with van der Waals surface area (Å²) in [6.07, 6.45) is 3.44. The van der Waals surface area contributed by atoms with E-state index < -0.39 is 0 Å². The Bertz CT molecular complexity index is 151. The van der Waals surface area contributed by atoms with Crippen molar-refractivity contribution in [2.45, 2.75) is 40.5 Å². The summed E-state index contributed by atoms with van der Waals surface area (Å²) in [6, 6.07) is 0. The van der Waals surface area contributed by atoms with Gasteiger partial charge in [-0.2, -0.15) is 0 Å². The van der Waals surface area contributed by atoms with E-state index in [4.69, 9.17) is 10.2 Å². The van der Waals surface area contributed by atoms with Crippen LogP contribution < -0.4 is 0 Å². The molecule has 1 N–H and O–H groups in total. The lowest BCUT2D eigenvalue weighted by molar-refractivity contribution is 0.313. The quantitative estimate of drug-likeness (QED) is 0.365. The van der Waals surface area contributed by atoms with Gasteiger partial charge < -0.3 is 0 Å². The Morgan fingerprint density at radius 1 is 1.54 bits per heavy atom. The molecular weight excluding hydrogens is 277 g/mol. The third-order valence-corrected chi connectivity index (χ3v) is 4.02. The molecule has 0 aromatic rings. The zero-order valence-electron chi connectivity index (χ0n) is 8.98. The molecule has 3 heteroatoms. The molecule has 0 aliphatic heterocycles. The van der Waals surface area contributed by atoms with Gasteiger partial charge in [-0.25, -0.2) is 10.2 Å². The van der Waals surface area contributed by atoms with Gasteiger partial charge in [0.2, 0.25) is 6.08 Å². The van der Waals surface area contributed by atoms with E-state index in [1.165, 1.54) is 17.3 Å². The van der Waals surface area contributed by atoms with E-state index in [0.717, 1.165) is 12.0 Å². The van der Waals surface area contributed by atoms with Gasteiger partial charge in [0.15, 0.2) is 0 Å². The molecule has 0 bridgehead atoms. The van der Waals surface area contributed by atoms with Gasteiger partial charge >= 0.3 is 0 Å². The van der Waals surface area contributed by atoms with E-state index >= 15 is 0 Å². The van der Waals surface area contributed by atoms with Crippen molar-refractivity contribution in [3.05, 3.63) is 0 Å². The van der Waals surface area contributed by atoms with Crippen LogP contribution in [0.15, 0.2) is 0 Å². The van der Waals surface area contributed by atoms with Crippen molar-refractivity contribution in [1.82, 2.24) is 0 Å². The molecule has 0 saturated heterocycles.